The standard InChI is InChI=1S/C27H28Cl2N2O6/c1-16(31-26(33)24-25(32)23(35-3)11-12-30-24)27(34)37-17(2)19(13-18-7-5-4-6-8-18)15-36-22-10-9-20(28)14-21(22)29/h4-12,14,16-17,19,32H,13,15H2,1-3H3,(H,31,33)/t16-,17-,19+/m0/s1. The monoisotopic (exact) mass is 546 g/mol. The third kappa shape index (κ3) is 7.74. The second-order valence-electron chi connectivity index (χ2n) is 8.38. The van der Waals surface area contributed by atoms with Crippen LogP contribution in [-0.2, 0) is 16.0 Å². The van der Waals surface area contributed by atoms with E-state index in [2.05, 4.69) is 10.3 Å². The Morgan fingerprint density at radius 3 is 2.46 bits per heavy atom. The van der Waals surface area contributed by atoms with Crippen LogP contribution >= 0.6 is 23.2 Å². The number of aromatic hydroxyl groups is 1. The van der Waals surface area contributed by atoms with Gasteiger partial charge in [-0.25, -0.2) is 9.78 Å². The molecule has 37 heavy (non-hydrogen) atoms. The summed E-state index contributed by atoms with van der Waals surface area (Å²) in [6.07, 6.45) is 1.32. The molecule has 10 heteroatoms. The van der Waals surface area contributed by atoms with Gasteiger partial charge in [-0.05, 0) is 44.0 Å². The van der Waals surface area contributed by atoms with Crippen molar-refractivity contribution < 1.29 is 28.9 Å². The van der Waals surface area contributed by atoms with Crippen molar-refractivity contribution in [2.45, 2.75) is 32.4 Å². The van der Waals surface area contributed by atoms with E-state index in [0.717, 1.165) is 5.56 Å². The molecule has 0 saturated carbocycles. The highest BCUT2D eigenvalue weighted by Gasteiger charge is 2.27. The first-order valence-electron chi connectivity index (χ1n) is 11.5. The molecule has 0 unspecified atom stereocenters. The average molecular weight is 547 g/mol. The van der Waals surface area contributed by atoms with Gasteiger partial charge in [0.2, 0.25) is 0 Å². The molecule has 3 rings (SSSR count). The van der Waals surface area contributed by atoms with Crippen LogP contribution in [0.15, 0.2) is 60.8 Å². The molecule has 3 aromatic rings. The smallest absolute Gasteiger partial charge is 0.328 e. The first kappa shape index (κ1) is 28.1. The fourth-order valence-corrected chi connectivity index (χ4v) is 4.00. The number of amides is 1. The minimum atomic E-state index is -1.01. The lowest BCUT2D eigenvalue weighted by Crippen LogP contribution is -2.42. The maximum absolute atomic E-state index is 12.8. The summed E-state index contributed by atoms with van der Waals surface area (Å²) in [4.78, 5) is 29.3. The lowest BCUT2D eigenvalue weighted by atomic mass is 9.95. The molecule has 0 aliphatic carbocycles. The second kappa shape index (κ2) is 13.2. The molecule has 0 spiro atoms. The van der Waals surface area contributed by atoms with Crippen molar-refractivity contribution >= 4 is 35.1 Å². The van der Waals surface area contributed by atoms with Crippen LogP contribution in [0.5, 0.6) is 17.2 Å². The van der Waals surface area contributed by atoms with Crippen molar-refractivity contribution in [2.75, 3.05) is 13.7 Å². The van der Waals surface area contributed by atoms with Crippen molar-refractivity contribution in [3.8, 4) is 17.2 Å². The van der Waals surface area contributed by atoms with Crippen molar-refractivity contribution in [1.29, 1.82) is 0 Å². The minimum Gasteiger partial charge on any atom is -0.503 e. The molecule has 1 heterocycles. The fraction of sp³-hybridized carbons (Fsp3) is 0.296. The third-order valence-electron chi connectivity index (χ3n) is 5.68. The minimum absolute atomic E-state index is 0.0912. The fourth-order valence-electron chi connectivity index (χ4n) is 3.54. The van der Waals surface area contributed by atoms with Gasteiger partial charge in [0.15, 0.2) is 17.2 Å². The summed E-state index contributed by atoms with van der Waals surface area (Å²) < 4.78 is 16.6. The SMILES string of the molecule is COc1ccnc(C(=O)N[C@@H](C)C(=O)O[C@@H](C)[C@@H](COc2ccc(Cl)cc2Cl)Cc2ccccc2)c1O. The van der Waals surface area contributed by atoms with Gasteiger partial charge in [-0.3, -0.25) is 4.79 Å². The summed E-state index contributed by atoms with van der Waals surface area (Å²) in [5.74, 6) is -1.48. The largest absolute Gasteiger partial charge is 0.503 e. The highest BCUT2D eigenvalue weighted by atomic mass is 35.5. The van der Waals surface area contributed by atoms with Crippen molar-refractivity contribution in [1.82, 2.24) is 10.3 Å². The number of nitrogens with one attached hydrogen (secondary N) is 1. The lowest BCUT2D eigenvalue weighted by Gasteiger charge is -2.26. The number of esters is 1. The molecule has 2 N–H and O–H groups in total. The van der Waals surface area contributed by atoms with Crippen LogP contribution < -0.4 is 14.8 Å². The zero-order valence-electron chi connectivity index (χ0n) is 20.6. The summed E-state index contributed by atoms with van der Waals surface area (Å²) in [5, 5.41) is 13.5. The number of hydrogen-bond donors (Lipinski definition) is 2. The van der Waals surface area contributed by atoms with Crippen LogP contribution in [0.25, 0.3) is 0 Å². The van der Waals surface area contributed by atoms with Gasteiger partial charge < -0.3 is 24.6 Å². The number of nitrogens with zero attached hydrogens (tertiary/aromatic N) is 1. The lowest BCUT2D eigenvalue weighted by molar-refractivity contribution is -0.153. The molecule has 1 amide bonds. The molecule has 0 fully saturated rings. The highest BCUT2D eigenvalue weighted by Crippen LogP contribution is 2.29. The van der Waals surface area contributed by atoms with Gasteiger partial charge in [-0.1, -0.05) is 53.5 Å². The Morgan fingerprint density at radius 2 is 1.78 bits per heavy atom. The molecular formula is C27H28Cl2N2O6. The Labute approximate surface area is 225 Å². The van der Waals surface area contributed by atoms with Gasteiger partial charge in [0.25, 0.3) is 5.91 Å². The van der Waals surface area contributed by atoms with Crippen molar-refractivity contribution in [3.05, 3.63) is 82.1 Å². The topological polar surface area (TPSA) is 107 Å². The molecule has 0 aliphatic rings. The van der Waals surface area contributed by atoms with E-state index in [1.165, 1.54) is 26.3 Å². The van der Waals surface area contributed by atoms with Gasteiger partial charge >= 0.3 is 5.97 Å². The number of carbonyl (C=O) groups excluding carboxylic acids is 2. The van der Waals surface area contributed by atoms with Crippen LogP contribution in [0.2, 0.25) is 10.0 Å². The molecule has 8 nitrogen and oxygen atoms in total. The Hall–Kier alpha value is -3.49. The number of pyridine rings is 1. The third-order valence-corrected chi connectivity index (χ3v) is 6.21. The van der Waals surface area contributed by atoms with E-state index in [1.54, 1.807) is 25.1 Å². The molecule has 3 atom stereocenters. The number of carbonyl (C=O) groups is 2. The van der Waals surface area contributed by atoms with E-state index in [-0.39, 0.29) is 24.0 Å². The zero-order valence-corrected chi connectivity index (χ0v) is 22.1. The highest BCUT2D eigenvalue weighted by molar-refractivity contribution is 6.35. The van der Waals surface area contributed by atoms with Crippen LogP contribution in [0.1, 0.15) is 29.9 Å². The normalized spacial score (nSPS) is 13.2. The quantitative estimate of drug-likeness (QED) is 0.322. The number of halogens is 2. The summed E-state index contributed by atoms with van der Waals surface area (Å²) in [5.41, 5.74) is 0.782. The van der Waals surface area contributed by atoms with E-state index in [0.29, 0.717) is 22.2 Å². The number of ether oxygens (including phenoxy) is 3. The number of rotatable bonds is 11. The predicted octanol–water partition coefficient (Wildman–Crippen LogP) is 5.09. The molecule has 1 aromatic heterocycles. The molecule has 196 valence electrons. The van der Waals surface area contributed by atoms with E-state index in [9.17, 15) is 14.7 Å². The van der Waals surface area contributed by atoms with Gasteiger partial charge in [0.05, 0.1) is 18.7 Å². The van der Waals surface area contributed by atoms with Gasteiger partial charge in [0, 0.05) is 23.2 Å². The van der Waals surface area contributed by atoms with Crippen LogP contribution in [-0.4, -0.2) is 47.8 Å². The Morgan fingerprint density at radius 1 is 1.05 bits per heavy atom. The molecule has 0 saturated heterocycles. The van der Waals surface area contributed by atoms with Crippen LogP contribution in [0, 0.1) is 5.92 Å². The molecule has 2 aromatic carbocycles. The van der Waals surface area contributed by atoms with Crippen molar-refractivity contribution in [3.63, 3.8) is 0 Å². The predicted molar refractivity (Wildman–Crippen MR) is 141 cm³/mol. The van der Waals surface area contributed by atoms with Crippen LogP contribution in [0.4, 0.5) is 0 Å². The number of aromatic nitrogens is 1. The second-order valence-corrected chi connectivity index (χ2v) is 9.23. The first-order chi connectivity index (χ1) is 17.7. The van der Waals surface area contributed by atoms with E-state index < -0.39 is 29.8 Å². The maximum Gasteiger partial charge on any atom is 0.328 e. The Kier molecular flexibility index (Phi) is 10.00. The van der Waals surface area contributed by atoms with Gasteiger partial charge in [-0.2, -0.15) is 0 Å². The summed E-state index contributed by atoms with van der Waals surface area (Å²) >= 11 is 12.2. The van der Waals surface area contributed by atoms with Crippen molar-refractivity contribution in [2.24, 2.45) is 5.92 Å². The summed E-state index contributed by atoms with van der Waals surface area (Å²) in [7, 11) is 1.36. The van der Waals surface area contributed by atoms with E-state index in [4.69, 9.17) is 37.4 Å². The Bertz CT molecular complexity index is 1220. The summed E-state index contributed by atoms with van der Waals surface area (Å²) in [6, 6.07) is 15.1. The number of methoxy groups -OCH3 is 1. The molecule has 0 aliphatic heterocycles. The first-order valence-corrected chi connectivity index (χ1v) is 12.3. The summed E-state index contributed by atoms with van der Waals surface area (Å²) in [6.45, 7) is 3.47. The number of benzene rings is 2. The van der Waals surface area contributed by atoms with E-state index >= 15 is 0 Å². The number of hydrogen-bond acceptors (Lipinski definition) is 7. The average Bonchev–Trinajstić information content (AvgIpc) is 2.87. The molecular weight excluding hydrogens is 519 g/mol. The zero-order chi connectivity index (χ0) is 26.9. The molecule has 0 bridgehead atoms. The Balaban J connectivity index is 1.67. The van der Waals surface area contributed by atoms with Gasteiger partial charge in [-0.15, -0.1) is 0 Å². The van der Waals surface area contributed by atoms with Gasteiger partial charge in [0.1, 0.15) is 17.9 Å². The van der Waals surface area contributed by atoms with Crippen LogP contribution in [0.3, 0.4) is 0 Å². The van der Waals surface area contributed by atoms with E-state index in [1.807, 2.05) is 30.3 Å². The maximum atomic E-state index is 12.8. The molecule has 0 radical (unpaired) electrons.